The molecule has 0 saturated carbocycles. The minimum atomic E-state index is -1.99. The molecule has 3 aliphatic heterocycles. The van der Waals surface area contributed by atoms with Gasteiger partial charge in [0.05, 0.1) is 0 Å². The van der Waals surface area contributed by atoms with Crippen LogP contribution in [0.4, 0.5) is 8.78 Å². The molecule has 3 nitrogen and oxygen atoms in total. The third-order valence-corrected chi connectivity index (χ3v) is 3.21. The van der Waals surface area contributed by atoms with Crippen molar-refractivity contribution in [3.8, 4) is 0 Å². The summed E-state index contributed by atoms with van der Waals surface area (Å²) in [6.07, 6.45) is 0.359. The van der Waals surface area contributed by atoms with E-state index in [1.807, 2.05) is 0 Å². The molecule has 3 rings (SSSR count). The highest BCUT2D eigenvalue weighted by Gasteiger charge is 2.34. The first-order chi connectivity index (χ1) is 6.75. The number of halogens is 2. The van der Waals surface area contributed by atoms with Gasteiger partial charge >= 0.3 is 6.22 Å². The Labute approximate surface area is 81.7 Å². The molecule has 3 heterocycles. The van der Waals surface area contributed by atoms with Crippen molar-refractivity contribution in [2.24, 2.45) is 17.0 Å². The van der Waals surface area contributed by atoms with Crippen LogP contribution in [0.5, 0.6) is 0 Å². The lowest BCUT2D eigenvalue weighted by Crippen LogP contribution is -2.48. The maximum atomic E-state index is 11.6. The Hall–Kier alpha value is -0.710. The number of piperidine rings is 3. The third kappa shape index (κ3) is 2.20. The Morgan fingerprint density at radius 1 is 1.36 bits per heavy atom. The highest BCUT2D eigenvalue weighted by atomic mass is 19.3. The van der Waals surface area contributed by atoms with Crippen LogP contribution in [-0.2, 0) is 4.84 Å². The van der Waals surface area contributed by atoms with E-state index in [2.05, 4.69) is 14.9 Å². The SMILES string of the molecule is FC(F)=NOCC1CN2CCC1CC2. The third-order valence-electron chi connectivity index (χ3n) is 3.21. The lowest BCUT2D eigenvalue weighted by atomic mass is 9.80. The highest BCUT2D eigenvalue weighted by Crippen LogP contribution is 2.32. The molecular formula is C9H14F2N2O. The van der Waals surface area contributed by atoms with Crippen LogP contribution in [0.3, 0.4) is 0 Å². The fraction of sp³-hybridized carbons (Fsp3) is 0.889. The Bertz CT molecular complexity index is 223. The van der Waals surface area contributed by atoms with E-state index in [1.54, 1.807) is 0 Å². The Morgan fingerprint density at radius 2 is 2.07 bits per heavy atom. The van der Waals surface area contributed by atoms with Gasteiger partial charge in [0.1, 0.15) is 6.61 Å². The standard InChI is InChI=1S/C9H14F2N2O/c10-9(11)12-14-6-8-5-13-3-1-7(8)2-4-13/h7-8H,1-6H2. The van der Waals surface area contributed by atoms with Gasteiger partial charge in [-0.15, -0.1) is 8.78 Å². The average molecular weight is 204 g/mol. The summed E-state index contributed by atoms with van der Waals surface area (Å²) in [7, 11) is 0. The molecule has 0 amide bonds. The molecule has 0 radical (unpaired) electrons. The number of hydrogen-bond donors (Lipinski definition) is 0. The zero-order valence-corrected chi connectivity index (χ0v) is 7.96. The molecule has 0 N–H and O–H groups in total. The molecule has 3 aliphatic rings. The van der Waals surface area contributed by atoms with Gasteiger partial charge in [0.2, 0.25) is 0 Å². The molecule has 0 aromatic rings. The van der Waals surface area contributed by atoms with E-state index in [0.29, 0.717) is 18.4 Å². The summed E-state index contributed by atoms with van der Waals surface area (Å²) in [5.41, 5.74) is 0. The lowest BCUT2D eigenvalue weighted by molar-refractivity contribution is -0.00720. The van der Waals surface area contributed by atoms with E-state index < -0.39 is 6.22 Å². The first-order valence-electron chi connectivity index (χ1n) is 4.99. The van der Waals surface area contributed by atoms with Crippen LogP contribution >= 0.6 is 0 Å². The van der Waals surface area contributed by atoms with Gasteiger partial charge in [0.25, 0.3) is 0 Å². The van der Waals surface area contributed by atoms with Crippen molar-refractivity contribution < 1.29 is 13.6 Å². The molecule has 0 aliphatic carbocycles. The van der Waals surface area contributed by atoms with Crippen LogP contribution in [0.2, 0.25) is 0 Å². The molecule has 1 atom stereocenters. The molecule has 3 fully saturated rings. The van der Waals surface area contributed by atoms with Crippen molar-refractivity contribution in [2.45, 2.75) is 12.8 Å². The second-order valence-corrected chi connectivity index (χ2v) is 4.03. The number of hydrogen-bond acceptors (Lipinski definition) is 3. The normalized spacial score (nSPS) is 35.4. The fourth-order valence-electron chi connectivity index (χ4n) is 2.46. The summed E-state index contributed by atoms with van der Waals surface area (Å²) in [5.74, 6) is 1.04. The van der Waals surface area contributed by atoms with Gasteiger partial charge in [0.15, 0.2) is 0 Å². The van der Waals surface area contributed by atoms with Gasteiger partial charge in [-0.05, 0) is 37.0 Å². The number of nitrogens with zero attached hydrogens (tertiary/aromatic N) is 2. The summed E-state index contributed by atoms with van der Waals surface area (Å²) in [6, 6.07) is 0. The zero-order valence-electron chi connectivity index (χ0n) is 7.96. The second-order valence-electron chi connectivity index (χ2n) is 4.03. The minimum Gasteiger partial charge on any atom is -0.391 e. The van der Waals surface area contributed by atoms with Crippen molar-refractivity contribution in [3.63, 3.8) is 0 Å². The van der Waals surface area contributed by atoms with Gasteiger partial charge < -0.3 is 9.74 Å². The van der Waals surface area contributed by atoms with Crippen molar-refractivity contribution in [1.82, 2.24) is 4.90 Å². The number of oxime groups is 1. The van der Waals surface area contributed by atoms with Crippen LogP contribution in [0, 0.1) is 11.8 Å². The Balaban J connectivity index is 1.78. The summed E-state index contributed by atoms with van der Waals surface area (Å²) in [4.78, 5) is 6.96. The molecule has 5 heteroatoms. The minimum absolute atomic E-state index is 0.332. The zero-order chi connectivity index (χ0) is 9.97. The maximum Gasteiger partial charge on any atom is 0.397 e. The molecule has 2 bridgehead atoms. The topological polar surface area (TPSA) is 24.8 Å². The number of rotatable bonds is 3. The first-order valence-corrected chi connectivity index (χ1v) is 4.99. The van der Waals surface area contributed by atoms with Crippen LogP contribution < -0.4 is 0 Å². The molecular weight excluding hydrogens is 190 g/mol. The first kappa shape index (κ1) is 9.83. The van der Waals surface area contributed by atoms with Gasteiger partial charge in [-0.25, -0.2) is 0 Å². The molecule has 14 heavy (non-hydrogen) atoms. The van der Waals surface area contributed by atoms with Crippen LogP contribution in [0.15, 0.2) is 5.16 Å². The van der Waals surface area contributed by atoms with E-state index in [9.17, 15) is 8.78 Å². The summed E-state index contributed by atoms with van der Waals surface area (Å²) < 4.78 is 23.2. The van der Waals surface area contributed by atoms with Gasteiger partial charge in [0, 0.05) is 12.5 Å². The second kappa shape index (κ2) is 4.21. The largest absolute Gasteiger partial charge is 0.397 e. The van der Waals surface area contributed by atoms with Crippen LogP contribution in [0.1, 0.15) is 12.8 Å². The summed E-state index contributed by atoms with van der Waals surface area (Å²) >= 11 is 0. The highest BCUT2D eigenvalue weighted by molar-refractivity contribution is 5.62. The molecule has 80 valence electrons. The summed E-state index contributed by atoms with van der Waals surface area (Å²) in [6.45, 7) is 3.62. The molecule has 3 saturated heterocycles. The molecule has 1 unspecified atom stereocenters. The molecule has 0 aromatic carbocycles. The van der Waals surface area contributed by atoms with Crippen LogP contribution in [-0.4, -0.2) is 37.4 Å². The smallest absolute Gasteiger partial charge is 0.391 e. The predicted octanol–water partition coefficient (Wildman–Crippen LogP) is 1.55. The average Bonchev–Trinajstić information content (AvgIpc) is 2.19. The van der Waals surface area contributed by atoms with Crippen molar-refractivity contribution in [2.75, 3.05) is 26.2 Å². The summed E-state index contributed by atoms with van der Waals surface area (Å²) in [5, 5.41) is 2.67. The van der Waals surface area contributed by atoms with E-state index in [1.165, 1.54) is 12.8 Å². The fourth-order valence-corrected chi connectivity index (χ4v) is 2.46. The number of fused-ring (bicyclic) bond motifs is 3. The van der Waals surface area contributed by atoms with Crippen molar-refractivity contribution >= 4 is 6.22 Å². The van der Waals surface area contributed by atoms with E-state index >= 15 is 0 Å². The van der Waals surface area contributed by atoms with Gasteiger partial charge in [-0.3, -0.25) is 0 Å². The van der Waals surface area contributed by atoms with Crippen molar-refractivity contribution in [3.05, 3.63) is 0 Å². The van der Waals surface area contributed by atoms with E-state index in [-0.39, 0.29) is 0 Å². The van der Waals surface area contributed by atoms with Gasteiger partial charge in [-0.1, -0.05) is 0 Å². The Kier molecular flexibility index (Phi) is 2.96. The molecule has 0 aromatic heterocycles. The quantitative estimate of drug-likeness (QED) is 0.514. The van der Waals surface area contributed by atoms with Gasteiger partial charge in [-0.2, -0.15) is 0 Å². The van der Waals surface area contributed by atoms with E-state index in [0.717, 1.165) is 19.6 Å². The monoisotopic (exact) mass is 204 g/mol. The lowest BCUT2D eigenvalue weighted by Gasteiger charge is -2.44. The predicted molar refractivity (Wildman–Crippen MR) is 48.3 cm³/mol. The Morgan fingerprint density at radius 3 is 2.57 bits per heavy atom. The van der Waals surface area contributed by atoms with Crippen LogP contribution in [0.25, 0.3) is 0 Å². The van der Waals surface area contributed by atoms with Crippen molar-refractivity contribution in [1.29, 1.82) is 0 Å². The van der Waals surface area contributed by atoms with E-state index in [4.69, 9.17) is 0 Å². The maximum absolute atomic E-state index is 11.6. The molecule has 0 spiro atoms.